The van der Waals surface area contributed by atoms with Crippen molar-refractivity contribution in [2.75, 3.05) is 31.6 Å². The molecule has 0 unspecified atom stereocenters. The quantitative estimate of drug-likeness (QED) is 0.571. The van der Waals surface area contributed by atoms with E-state index < -0.39 is 11.9 Å². The molecule has 1 atom stereocenters. The van der Waals surface area contributed by atoms with Gasteiger partial charge in [0.05, 0.1) is 24.5 Å². The lowest BCUT2D eigenvalue weighted by Crippen LogP contribution is -2.52. The molecular formula is C27H27N3O4. The largest absolute Gasteiger partial charge is 0.378 e. The van der Waals surface area contributed by atoms with Crippen molar-refractivity contribution in [3.05, 3.63) is 102 Å². The third-order valence-corrected chi connectivity index (χ3v) is 5.66. The van der Waals surface area contributed by atoms with Crippen LogP contribution in [-0.4, -0.2) is 55.0 Å². The molecule has 0 spiro atoms. The Hall–Kier alpha value is -3.97. The van der Waals surface area contributed by atoms with Gasteiger partial charge in [0.2, 0.25) is 5.91 Å². The van der Waals surface area contributed by atoms with Crippen molar-refractivity contribution >= 4 is 23.4 Å². The first-order valence-electron chi connectivity index (χ1n) is 11.3. The second-order valence-corrected chi connectivity index (χ2v) is 8.02. The van der Waals surface area contributed by atoms with Gasteiger partial charge in [0.15, 0.2) is 0 Å². The van der Waals surface area contributed by atoms with E-state index in [2.05, 4.69) is 10.6 Å². The topological polar surface area (TPSA) is 87.7 Å². The van der Waals surface area contributed by atoms with Gasteiger partial charge < -0.3 is 20.3 Å². The molecule has 0 aromatic heterocycles. The van der Waals surface area contributed by atoms with Gasteiger partial charge in [-0.2, -0.15) is 0 Å². The minimum atomic E-state index is -0.745. The summed E-state index contributed by atoms with van der Waals surface area (Å²) < 4.78 is 5.37. The van der Waals surface area contributed by atoms with Crippen LogP contribution in [0.4, 0.5) is 5.69 Å². The van der Waals surface area contributed by atoms with Crippen LogP contribution in [-0.2, 0) is 16.0 Å². The number of carbonyl (C=O) groups excluding carboxylic acids is 3. The maximum Gasteiger partial charge on any atom is 0.255 e. The lowest BCUT2D eigenvalue weighted by atomic mass is 10.0. The highest BCUT2D eigenvalue weighted by Crippen LogP contribution is 2.17. The average molecular weight is 458 g/mol. The van der Waals surface area contributed by atoms with Gasteiger partial charge in [-0.05, 0) is 29.8 Å². The third-order valence-electron chi connectivity index (χ3n) is 5.66. The van der Waals surface area contributed by atoms with E-state index in [-0.39, 0.29) is 11.8 Å². The zero-order valence-corrected chi connectivity index (χ0v) is 18.8. The molecule has 1 aliphatic rings. The first-order valence-corrected chi connectivity index (χ1v) is 11.3. The number of hydrogen-bond donors (Lipinski definition) is 2. The summed E-state index contributed by atoms with van der Waals surface area (Å²) in [7, 11) is 0. The van der Waals surface area contributed by atoms with Crippen LogP contribution in [0.25, 0.3) is 0 Å². The van der Waals surface area contributed by atoms with Gasteiger partial charge in [-0.1, -0.05) is 60.7 Å². The molecule has 174 valence electrons. The lowest BCUT2D eigenvalue weighted by molar-refractivity contribution is -0.137. The fourth-order valence-electron chi connectivity index (χ4n) is 3.86. The lowest BCUT2D eigenvalue weighted by Gasteiger charge is -2.31. The normalized spacial score (nSPS) is 14.2. The highest BCUT2D eigenvalue weighted by atomic mass is 16.5. The number of ether oxygens (including phenoxy) is 1. The van der Waals surface area contributed by atoms with Gasteiger partial charge in [0.25, 0.3) is 11.8 Å². The molecule has 7 heteroatoms. The Balaban J connectivity index is 1.54. The summed E-state index contributed by atoms with van der Waals surface area (Å²) in [6, 6.07) is 24.4. The first kappa shape index (κ1) is 23.2. The van der Waals surface area contributed by atoms with Crippen LogP contribution in [0.1, 0.15) is 26.3 Å². The van der Waals surface area contributed by atoms with Crippen molar-refractivity contribution in [3.8, 4) is 0 Å². The van der Waals surface area contributed by atoms with Crippen LogP contribution in [0, 0.1) is 0 Å². The third kappa shape index (κ3) is 5.88. The minimum absolute atomic E-state index is 0.147. The number of carbonyl (C=O) groups is 3. The highest BCUT2D eigenvalue weighted by Gasteiger charge is 2.28. The molecule has 1 heterocycles. The number of nitrogens with one attached hydrogen (secondary N) is 2. The molecule has 34 heavy (non-hydrogen) atoms. The maximum atomic E-state index is 13.3. The first-order chi connectivity index (χ1) is 16.6. The number of hydrogen-bond acceptors (Lipinski definition) is 4. The van der Waals surface area contributed by atoms with Crippen molar-refractivity contribution < 1.29 is 19.1 Å². The van der Waals surface area contributed by atoms with Gasteiger partial charge in [-0.3, -0.25) is 14.4 Å². The number of amides is 3. The van der Waals surface area contributed by atoms with Crippen LogP contribution in [0.2, 0.25) is 0 Å². The van der Waals surface area contributed by atoms with Gasteiger partial charge in [-0.25, -0.2) is 0 Å². The number of rotatable bonds is 7. The van der Waals surface area contributed by atoms with Crippen molar-refractivity contribution in [1.82, 2.24) is 10.2 Å². The Labute approximate surface area is 198 Å². The van der Waals surface area contributed by atoms with Gasteiger partial charge >= 0.3 is 0 Å². The molecule has 1 fully saturated rings. The Kier molecular flexibility index (Phi) is 7.67. The molecular weight excluding hydrogens is 430 g/mol. The maximum absolute atomic E-state index is 13.3. The molecule has 3 aromatic rings. The van der Waals surface area contributed by atoms with Crippen LogP contribution >= 0.6 is 0 Å². The second kappa shape index (κ2) is 11.2. The molecule has 2 N–H and O–H groups in total. The number of morpholine rings is 1. The Bertz CT molecular complexity index is 1130. The zero-order chi connectivity index (χ0) is 23.8. The average Bonchev–Trinajstić information content (AvgIpc) is 2.89. The van der Waals surface area contributed by atoms with Crippen LogP contribution in [0.3, 0.4) is 0 Å². The van der Waals surface area contributed by atoms with Crippen LogP contribution in [0.5, 0.6) is 0 Å². The SMILES string of the molecule is O=C(Nc1ccccc1C(=O)N[C@H](Cc1ccccc1)C(=O)N1CCOCC1)c1ccccc1. The summed E-state index contributed by atoms with van der Waals surface area (Å²) in [5, 5.41) is 5.72. The number of anilines is 1. The van der Waals surface area contributed by atoms with Gasteiger partial charge in [0.1, 0.15) is 6.04 Å². The monoisotopic (exact) mass is 457 g/mol. The van der Waals surface area contributed by atoms with Gasteiger partial charge in [-0.15, -0.1) is 0 Å². The van der Waals surface area contributed by atoms with Crippen molar-refractivity contribution in [2.24, 2.45) is 0 Å². The van der Waals surface area contributed by atoms with E-state index in [0.29, 0.717) is 49.5 Å². The zero-order valence-electron chi connectivity index (χ0n) is 18.8. The molecule has 0 radical (unpaired) electrons. The number of nitrogens with zero attached hydrogens (tertiary/aromatic N) is 1. The van der Waals surface area contributed by atoms with E-state index in [4.69, 9.17) is 4.74 Å². The van der Waals surface area contributed by atoms with E-state index in [1.54, 1.807) is 53.4 Å². The van der Waals surface area contributed by atoms with Crippen molar-refractivity contribution in [1.29, 1.82) is 0 Å². The van der Waals surface area contributed by atoms with Crippen molar-refractivity contribution in [3.63, 3.8) is 0 Å². The molecule has 0 saturated carbocycles. The summed E-state index contributed by atoms with van der Waals surface area (Å²) in [6.45, 7) is 1.94. The van der Waals surface area contributed by atoms with E-state index in [0.717, 1.165) is 5.56 Å². The summed E-state index contributed by atoms with van der Waals surface area (Å²) in [5.41, 5.74) is 2.10. The predicted octanol–water partition coefficient (Wildman–Crippen LogP) is 3.14. The smallest absolute Gasteiger partial charge is 0.255 e. The fourth-order valence-corrected chi connectivity index (χ4v) is 3.86. The molecule has 0 aliphatic carbocycles. The molecule has 3 aromatic carbocycles. The standard InChI is InChI=1S/C27H27N3O4/c31-25(21-11-5-2-6-12-21)28-23-14-8-7-13-22(23)26(32)29-24(19-20-9-3-1-4-10-20)27(33)30-15-17-34-18-16-30/h1-14,24H,15-19H2,(H,28,31)(H,29,32)/t24-/m1/s1. The highest BCUT2D eigenvalue weighted by molar-refractivity contribution is 6.09. The Morgan fingerprint density at radius 2 is 1.41 bits per heavy atom. The predicted molar refractivity (Wildman–Crippen MR) is 130 cm³/mol. The summed E-state index contributed by atoms with van der Waals surface area (Å²) in [4.78, 5) is 41.0. The molecule has 7 nitrogen and oxygen atoms in total. The summed E-state index contributed by atoms with van der Waals surface area (Å²) in [6.07, 6.45) is 0.362. The van der Waals surface area contributed by atoms with E-state index in [1.807, 2.05) is 36.4 Å². The molecule has 4 rings (SSSR count). The molecule has 3 amide bonds. The Morgan fingerprint density at radius 1 is 0.794 bits per heavy atom. The van der Waals surface area contributed by atoms with E-state index >= 15 is 0 Å². The van der Waals surface area contributed by atoms with E-state index in [1.165, 1.54) is 0 Å². The number of benzene rings is 3. The van der Waals surface area contributed by atoms with E-state index in [9.17, 15) is 14.4 Å². The second-order valence-electron chi connectivity index (χ2n) is 8.02. The van der Waals surface area contributed by atoms with Crippen LogP contribution in [0.15, 0.2) is 84.9 Å². The molecule has 1 saturated heterocycles. The summed E-state index contributed by atoms with van der Waals surface area (Å²) >= 11 is 0. The minimum Gasteiger partial charge on any atom is -0.378 e. The van der Waals surface area contributed by atoms with Gasteiger partial charge in [0, 0.05) is 25.1 Å². The Morgan fingerprint density at radius 3 is 2.12 bits per heavy atom. The summed E-state index contributed by atoms with van der Waals surface area (Å²) in [5.74, 6) is -0.885. The number of para-hydroxylation sites is 1. The molecule has 1 aliphatic heterocycles. The van der Waals surface area contributed by atoms with Crippen LogP contribution < -0.4 is 10.6 Å². The fraction of sp³-hybridized carbons (Fsp3) is 0.222. The van der Waals surface area contributed by atoms with Crippen molar-refractivity contribution in [2.45, 2.75) is 12.5 Å². The molecule has 0 bridgehead atoms.